The van der Waals surface area contributed by atoms with E-state index < -0.39 is 10.0 Å². The number of hydrogen-bond donors (Lipinski definition) is 1. The SMILES string of the molecule is C=CCCCN(C)S(=O)(=O)c1ccc(C)c(CN)c1. The molecular weight excluding hydrogens is 260 g/mol. The zero-order valence-electron chi connectivity index (χ0n) is 11.6. The topological polar surface area (TPSA) is 63.4 Å². The van der Waals surface area contributed by atoms with E-state index in [9.17, 15) is 8.42 Å². The van der Waals surface area contributed by atoms with E-state index in [1.54, 1.807) is 31.3 Å². The van der Waals surface area contributed by atoms with Crippen LogP contribution in [-0.4, -0.2) is 26.3 Å². The van der Waals surface area contributed by atoms with E-state index in [0.717, 1.165) is 24.0 Å². The summed E-state index contributed by atoms with van der Waals surface area (Å²) in [5.41, 5.74) is 7.49. The number of unbranched alkanes of at least 4 members (excludes halogenated alkanes) is 1. The van der Waals surface area contributed by atoms with E-state index in [1.165, 1.54) is 4.31 Å². The van der Waals surface area contributed by atoms with Gasteiger partial charge in [-0.1, -0.05) is 12.1 Å². The molecule has 0 fully saturated rings. The van der Waals surface area contributed by atoms with Gasteiger partial charge in [-0.3, -0.25) is 0 Å². The second kappa shape index (κ2) is 6.84. The first kappa shape index (κ1) is 15.9. The number of nitrogens with zero attached hydrogens (tertiary/aromatic N) is 1. The van der Waals surface area contributed by atoms with Gasteiger partial charge in [-0.25, -0.2) is 12.7 Å². The summed E-state index contributed by atoms with van der Waals surface area (Å²) in [5.74, 6) is 0. The summed E-state index contributed by atoms with van der Waals surface area (Å²) in [5, 5.41) is 0. The Morgan fingerprint density at radius 1 is 1.42 bits per heavy atom. The van der Waals surface area contributed by atoms with Crippen LogP contribution in [0, 0.1) is 6.92 Å². The van der Waals surface area contributed by atoms with Crippen LogP contribution >= 0.6 is 0 Å². The molecule has 0 radical (unpaired) electrons. The van der Waals surface area contributed by atoms with Crippen LogP contribution in [0.5, 0.6) is 0 Å². The molecule has 1 aromatic rings. The molecule has 0 saturated carbocycles. The number of benzene rings is 1. The smallest absolute Gasteiger partial charge is 0.242 e. The van der Waals surface area contributed by atoms with E-state index >= 15 is 0 Å². The molecule has 4 nitrogen and oxygen atoms in total. The van der Waals surface area contributed by atoms with Gasteiger partial charge in [0.1, 0.15) is 0 Å². The van der Waals surface area contributed by atoms with Crippen molar-refractivity contribution in [3.63, 3.8) is 0 Å². The highest BCUT2D eigenvalue weighted by Gasteiger charge is 2.20. The molecule has 19 heavy (non-hydrogen) atoms. The van der Waals surface area contributed by atoms with Crippen molar-refractivity contribution in [3.8, 4) is 0 Å². The van der Waals surface area contributed by atoms with Gasteiger partial charge in [-0.2, -0.15) is 0 Å². The van der Waals surface area contributed by atoms with Crippen LogP contribution in [0.4, 0.5) is 0 Å². The zero-order chi connectivity index (χ0) is 14.5. The van der Waals surface area contributed by atoms with Crippen LogP contribution in [0.1, 0.15) is 24.0 Å². The molecule has 0 aliphatic heterocycles. The standard InChI is InChI=1S/C14H22N2O2S/c1-4-5-6-9-16(3)19(17,18)14-8-7-12(2)13(10-14)11-15/h4,7-8,10H,1,5-6,9,11,15H2,2-3H3. The highest BCUT2D eigenvalue weighted by molar-refractivity contribution is 7.89. The van der Waals surface area contributed by atoms with Crippen LogP contribution in [0.25, 0.3) is 0 Å². The number of aryl methyl sites for hydroxylation is 1. The Bertz CT molecular complexity index is 538. The first-order valence-electron chi connectivity index (χ1n) is 6.30. The third-order valence-electron chi connectivity index (χ3n) is 3.13. The predicted molar refractivity (Wildman–Crippen MR) is 78.3 cm³/mol. The average molecular weight is 282 g/mol. The van der Waals surface area contributed by atoms with Gasteiger partial charge in [0.05, 0.1) is 4.90 Å². The maximum atomic E-state index is 12.4. The van der Waals surface area contributed by atoms with Crippen LogP contribution in [0.15, 0.2) is 35.7 Å². The van der Waals surface area contributed by atoms with E-state index in [0.29, 0.717) is 18.0 Å². The maximum Gasteiger partial charge on any atom is 0.242 e. The summed E-state index contributed by atoms with van der Waals surface area (Å²) < 4.78 is 26.1. The Morgan fingerprint density at radius 2 is 2.11 bits per heavy atom. The van der Waals surface area contributed by atoms with Crippen molar-refractivity contribution >= 4 is 10.0 Å². The van der Waals surface area contributed by atoms with Crippen molar-refractivity contribution in [2.75, 3.05) is 13.6 Å². The number of allylic oxidation sites excluding steroid dienone is 1. The first-order chi connectivity index (χ1) is 8.93. The quantitative estimate of drug-likeness (QED) is 0.615. The fraction of sp³-hybridized carbons (Fsp3) is 0.429. The normalized spacial score (nSPS) is 11.8. The van der Waals surface area contributed by atoms with E-state index in [2.05, 4.69) is 6.58 Å². The third kappa shape index (κ3) is 3.89. The van der Waals surface area contributed by atoms with Gasteiger partial charge in [-0.05, 0) is 43.0 Å². The second-order valence-electron chi connectivity index (χ2n) is 4.55. The van der Waals surface area contributed by atoms with Crippen LogP contribution in [-0.2, 0) is 16.6 Å². The Morgan fingerprint density at radius 3 is 2.68 bits per heavy atom. The van der Waals surface area contributed by atoms with E-state index in [1.807, 2.05) is 6.92 Å². The summed E-state index contributed by atoms with van der Waals surface area (Å²) in [6.45, 7) is 6.38. The highest BCUT2D eigenvalue weighted by atomic mass is 32.2. The minimum Gasteiger partial charge on any atom is -0.326 e. The van der Waals surface area contributed by atoms with Crippen molar-refractivity contribution in [1.29, 1.82) is 0 Å². The molecule has 0 aliphatic carbocycles. The summed E-state index contributed by atoms with van der Waals surface area (Å²) >= 11 is 0. The molecule has 0 aromatic heterocycles. The molecule has 5 heteroatoms. The molecular formula is C14H22N2O2S. The Hall–Kier alpha value is -1.17. The maximum absolute atomic E-state index is 12.4. The van der Waals surface area contributed by atoms with Crippen molar-refractivity contribution in [3.05, 3.63) is 42.0 Å². The van der Waals surface area contributed by atoms with Crippen LogP contribution in [0.3, 0.4) is 0 Å². The fourth-order valence-corrected chi connectivity index (χ4v) is 3.05. The molecule has 0 atom stereocenters. The number of nitrogens with two attached hydrogens (primary N) is 1. The third-order valence-corrected chi connectivity index (χ3v) is 4.98. The lowest BCUT2D eigenvalue weighted by Gasteiger charge is -2.17. The minimum absolute atomic E-state index is 0.305. The molecule has 106 valence electrons. The number of rotatable bonds is 7. The number of hydrogen-bond acceptors (Lipinski definition) is 3. The minimum atomic E-state index is -3.43. The Balaban J connectivity index is 2.96. The molecule has 1 rings (SSSR count). The lowest BCUT2D eigenvalue weighted by molar-refractivity contribution is 0.462. The van der Waals surface area contributed by atoms with Gasteiger partial charge in [0.25, 0.3) is 0 Å². The van der Waals surface area contributed by atoms with Gasteiger partial charge in [0.15, 0.2) is 0 Å². The van der Waals surface area contributed by atoms with Gasteiger partial charge >= 0.3 is 0 Å². The van der Waals surface area contributed by atoms with Gasteiger partial charge in [0.2, 0.25) is 10.0 Å². The zero-order valence-corrected chi connectivity index (χ0v) is 12.4. The second-order valence-corrected chi connectivity index (χ2v) is 6.59. The average Bonchev–Trinajstić information content (AvgIpc) is 2.39. The lowest BCUT2D eigenvalue weighted by Crippen LogP contribution is -2.28. The van der Waals surface area contributed by atoms with Crippen LogP contribution < -0.4 is 5.73 Å². The monoisotopic (exact) mass is 282 g/mol. The van der Waals surface area contributed by atoms with Gasteiger partial charge in [0, 0.05) is 20.1 Å². The molecule has 0 bridgehead atoms. The molecule has 0 heterocycles. The molecule has 0 spiro atoms. The summed E-state index contributed by atoms with van der Waals surface area (Å²) in [6.07, 6.45) is 3.37. The first-order valence-corrected chi connectivity index (χ1v) is 7.74. The van der Waals surface area contributed by atoms with Crippen molar-refractivity contribution in [2.45, 2.75) is 31.2 Å². The Kier molecular flexibility index (Phi) is 5.72. The van der Waals surface area contributed by atoms with Crippen molar-refractivity contribution in [1.82, 2.24) is 4.31 Å². The fourth-order valence-electron chi connectivity index (χ4n) is 1.79. The predicted octanol–water partition coefficient (Wildman–Crippen LogP) is 2.04. The lowest BCUT2D eigenvalue weighted by atomic mass is 10.1. The molecule has 0 aliphatic rings. The van der Waals surface area contributed by atoms with E-state index in [-0.39, 0.29) is 0 Å². The summed E-state index contributed by atoms with van der Waals surface area (Å²) in [6, 6.07) is 5.09. The Labute approximate surface area is 116 Å². The molecule has 1 aromatic carbocycles. The molecule has 2 N–H and O–H groups in total. The van der Waals surface area contributed by atoms with E-state index in [4.69, 9.17) is 5.73 Å². The molecule has 0 saturated heterocycles. The van der Waals surface area contributed by atoms with Crippen molar-refractivity contribution < 1.29 is 8.42 Å². The van der Waals surface area contributed by atoms with Crippen LogP contribution in [0.2, 0.25) is 0 Å². The van der Waals surface area contributed by atoms with Gasteiger partial charge < -0.3 is 5.73 Å². The molecule has 0 amide bonds. The largest absolute Gasteiger partial charge is 0.326 e. The highest BCUT2D eigenvalue weighted by Crippen LogP contribution is 2.18. The summed E-state index contributed by atoms with van der Waals surface area (Å²) in [4.78, 5) is 0.305. The van der Waals surface area contributed by atoms with Crippen molar-refractivity contribution in [2.24, 2.45) is 5.73 Å². The summed E-state index contributed by atoms with van der Waals surface area (Å²) in [7, 11) is -1.83. The molecule has 0 unspecified atom stereocenters. The number of sulfonamides is 1. The van der Waals surface area contributed by atoms with Gasteiger partial charge in [-0.15, -0.1) is 6.58 Å².